The molecule has 2 fully saturated rings. The Bertz CT molecular complexity index is 487. The molecule has 0 aromatic heterocycles. The zero-order valence-electron chi connectivity index (χ0n) is 13.3. The van der Waals surface area contributed by atoms with E-state index >= 15 is 0 Å². The number of hydrogen-bond donors (Lipinski definition) is 0. The van der Waals surface area contributed by atoms with Crippen molar-refractivity contribution in [3.63, 3.8) is 0 Å². The van der Waals surface area contributed by atoms with Gasteiger partial charge in [-0.25, -0.2) is 12.7 Å². The molecule has 0 amide bonds. The van der Waals surface area contributed by atoms with E-state index in [1.807, 2.05) is 0 Å². The highest BCUT2D eigenvalue weighted by atomic mass is 32.2. The maximum absolute atomic E-state index is 11.7. The first-order chi connectivity index (χ1) is 9.88. The third-order valence-corrected chi connectivity index (χ3v) is 6.78. The van der Waals surface area contributed by atoms with Crippen LogP contribution in [0.4, 0.5) is 0 Å². The van der Waals surface area contributed by atoms with E-state index in [4.69, 9.17) is 0 Å². The van der Waals surface area contributed by atoms with Crippen LogP contribution in [-0.2, 0) is 10.0 Å². The monoisotopic (exact) mass is 312 g/mol. The van der Waals surface area contributed by atoms with E-state index in [1.165, 1.54) is 12.7 Å². The van der Waals surface area contributed by atoms with Gasteiger partial charge in [0.05, 0.1) is 17.7 Å². The molecular formula is C16H28N2O2S. The minimum Gasteiger partial charge on any atom is -0.213 e. The van der Waals surface area contributed by atoms with Crippen LogP contribution < -0.4 is 0 Å². The highest BCUT2D eigenvalue weighted by molar-refractivity contribution is 7.88. The molecule has 1 aliphatic carbocycles. The number of sulfonamides is 1. The van der Waals surface area contributed by atoms with Crippen LogP contribution >= 0.6 is 0 Å². The summed E-state index contributed by atoms with van der Waals surface area (Å²) in [7, 11) is -3.09. The molecule has 21 heavy (non-hydrogen) atoms. The summed E-state index contributed by atoms with van der Waals surface area (Å²) in [5.74, 6) is 1.14. The van der Waals surface area contributed by atoms with Gasteiger partial charge in [0.15, 0.2) is 0 Å². The smallest absolute Gasteiger partial charge is 0.211 e. The van der Waals surface area contributed by atoms with Gasteiger partial charge in [0.2, 0.25) is 10.0 Å². The SMILES string of the molecule is CCC1CCC(C#N)(CC2CCCN(S(C)(=O)=O)C2)CC1. The Balaban J connectivity index is 1.98. The lowest BCUT2D eigenvalue weighted by Crippen LogP contribution is -2.41. The van der Waals surface area contributed by atoms with Crippen molar-refractivity contribution in [1.82, 2.24) is 4.31 Å². The molecule has 1 saturated carbocycles. The Labute approximate surface area is 129 Å². The van der Waals surface area contributed by atoms with E-state index in [0.29, 0.717) is 19.0 Å². The highest BCUT2D eigenvalue weighted by Crippen LogP contribution is 2.45. The van der Waals surface area contributed by atoms with Gasteiger partial charge in [-0.05, 0) is 56.8 Å². The molecule has 0 bridgehead atoms. The van der Waals surface area contributed by atoms with Gasteiger partial charge >= 0.3 is 0 Å². The van der Waals surface area contributed by atoms with E-state index in [1.54, 1.807) is 4.31 Å². The Morgan fingerprint density at radius 2 is 1.90 bits per heavy atom. The lowest BCUT2D eigenvalue weighted by Gasteiger charge is -2.39. The van der Waals surface area contributed by atoms with E-state index in [-0.39, 0.29) is 5.41 Å². The average molecular weight is 312 g/mol. The van der Waals surface area contributed by atoms with Crippen molar-refractivity contribution < 1.29 is 8.42 Å². The summed E-state index contributed by atoms with van der Waals surface area (Å²) in [5.41, 5.74) is -0.198. The lowest BCUT2D eigenvalue weighted by atomic mass is 9.66. The molecule has 0 radical (unpaired) electrons. The number of nitriles is 1. The van der Waals surface area contributed by atoms with E-state index < -0.39 is 10.0 Å². The largest absolute Gasteiger partial charge is 0.213 e. The van der Waals surface area contributed by atoms with Crippen LogP contribution in [0.3, 0.4) is 0 Å². The summed E-state index contributed by atoms with van der Waals surface area (Å²) in [5, 5.41) is 9.68. The Morgan fingerprint density at radius 1 is 1.24 bits per heavy atom. The van der Waals surface area contributed by atoms with Crippen LogP contribution in [0.5, 0.6) is 0 Å². The van der Waals surface area contributed by atoms with Gasteiger partial charge in [-0.15, -0.1) is 0 Å². The minimum atomic E-state index is -3.09. The predicted molar refractivity (Wildman–Crippen MR) is 84.1 cm³/mol. The van der Waals surface area contributed by atoms with Crippen LogP contribution in [0.1, 0.15) is 58.3 Å². The molecule has 1 unspecified atom stereocenters. The topological polar surface area (TPSA) is 61.2 Å². The first-order valence-electron chi connectivity index (χ1n) is 8.25. The van der Waals surface area contributed by atoms with Crippen molar-refractivity contribution in [1.29, 1.82) is 5.26 Å². The number of piperidine rings is 1. The lowest BCUT2D eigenvalue weighted by molar-refractivity contribution is 0.140. The van der Waals surface area contributed by atoms with Crippen LogP contribution in [-0.4, -0.2) is 32.1 Å². The van der Waals surface area contributed by atoms with Gasteiger partial charge < -0.3 is 0 Å². The average Bonchev–Trinajstić information content (AvgIpc) is 2.47. The van der Waals surface area contributed by atoms with Crippen LogP contribution in [0.2, 0.25) is 0 Å². The Morgan fingerprint density at radius 3 is 2.43 bits per heavy atom. The van der Waals surface area contributed by atoms with Crippen LogP contribution in [0, 0.1) is 28.6 Å². The Hall–Kier alpha value is -0.600. The molecule has 1 saturated heterocycles. The van der Waals surface area contributed by atoms with E-state index in [0.717, 1.165) is 50.9 Å². The summed E-state index contributed by atoms with van der Waals surface area (Å²) in [6.07, 6.45) is 9.69. The van der Waals surface area contributed by atoms with Gasteiger partial charge in [-0.3, -0.25) is 0 Å². The molecule has 2 aliphatic rings. The quantitative estimate of drug-likeness (QED) is 0.801. The third-order valence-electron chi connectivity index (χ3n) is 5.51. The third kappa shape index (κ3) is 4.20. The standard InChI is InChI=1S/C16H28N2O2S/c1-3-14-6-8-16(13-17,9-7-14)11-15-5-4-10-18(12-15)21(2,19)20/h14-15H,3-12H2,1-2H3. The van der Waals surface area contributed by atoms with E-state index in [2.05, 4.69) is 13.0 Å². The number of nitrogens with zero attached hydrogens (tertiary/aromatic N) is 2. The van der Waals surface area contributed by atoms with Gasteiger partial charge in [0.25, 0.3) is 0 Å². The zero-order valence-corrected chi connectivity index (χ0v) is 14.2. The highest BCUT2D eigenvalue weighted by Gasteiger charge is 2.38. The predicted octanol–water partition coefficient (Wildman–Crippen LogP) is 3.16. The zero-order chi connectivity index (χ0) is 15.5. The van der Waals surface area contributed by atoms with Gasteiger partial charge in [0.1, 0.15) is 0 Å². The maximum atomic E-state index is 11.7. The number of hydrogen-bond acceptors (Lipinski definition) is 3. The summed E-state index contributed by atoms with van der Waals surface area (Å²) in [6, 6.07) is 2.59. The van der Waals surface area contributed by atoms with Crippen molar-refractivity contribution in [3.05, 3.63) is 0 Å². The first kappa shape index (κ1) is 16.8. The summed E-state index contributed by atoms with van der Waals surface area (Å²) in [6.45, 7) is 3.49. The van der Waals surface area contributed by atoms with Crippen molar-refractivity contribution in [2.24, 2.45) is 17.3 Å². The fourth-order valence-electron chi connectivity index (χ4n) is 4.05. The number of rotatable bonds is 4. The molecule has 0 N–H and O–H groups in total. The second-order valence-corrected chi connectivity index (χ2v) is 9.06. The van der Waals surface area contributed by atoms with Gasteiger partial charge in [-0.2, -0.15) is 5.26 Å². The normalized spacial score (nSPS) is 35.3. The summed E-state index contributed by atoms with van der Waals surface area (Å²) >= 11 is 0. The fourth-order valence-corrected chi connectivity index (χ4v) is 4.99. The van der Waals surface area contributed by atoms with Crippen molar-refractivity contribution >= 4 is 10.0 Å². The molecule has 0 spiro atoms. The Kier molecular flexibility index (Phi) is 5.32. The summed E-state index contributed by atoms with van der Waals surface area (Å²) in [4.78, 5) is 0. The van der Waals surface area contributed by atoms with Crippen LogP contribution in [0.25, 0.3) is 0 Å². The minimum absolute atomic E-state index is 0.198. The van der Waals surface area contributed by atoms with E-state index in [9.17, 15) is 13.7 Å². The molecule has 4 nitrogen and oxygen atoms in total. The second-order valence-electron chi connectivity index (χ2n) is 7.08. The molecule has 120 valence electrons. The molecule has 1 aliphatic heterocycles. The molecule has 0 aromatic rings. The fraction of sp³-hybridized carbons (Fsp3) is 0.938. The first-order valence-corrected chi connectivity index (χ1v) is 10.1. The summed E-state index contributed by atoms with van der Waals surface area (Å²) < 4.78 is 25.0. The van der Waals surface area contributed by atoms with Crippen molar-refractivity contribution in [3.8, 4) is 6.07 Å². The molecule has 2 rings (SSSR count). The molecular weight excluding hydrogens is 284 g/mol. The van der Waals surface area contributed by atoms with Crippen molar-refractivity contribution in [2.75, 3.05) is 19.3 Å². The second kappa shape index (κ2) is 6.66. The van der Waals surface area contributed by atoms with Crippen molar-refractivity contribution in [2.45, 2.75) is 58.3 Å². The van der Waals surface area contributed by atoms with Gasteiger partial charge in [-0.1, -0.05) is 13.3 Å². The molecule has 5 heteroatoms. The molecule has 0 aromatic carbocycles. The van der Waals surface area contributed by atoms with Gasteiger partial charge in [0, 0.05) is 13.1 Å². The molecule has 1 atom stereocenters. The molecule has 1 heterocycles. The van der Waals surface area contributed by atoms with Crippen LogP contribution in [0.15, 0.2) is 0 Å². The maximum Gasteiger partial charge on any atom is 0.211 e.